The van der Waals surface area contributed by atoms with Crippen LogP contribution in [0.25, 0.3) is 0 Å². The number of methoxy groups -OCH3 is 1. The number of nitrogens with one attached hydrogen (secondary N) is 2. The van der Waals surface area contributed by atoms with Gasteiger partial charge >= 0.3 is 5.97 Å². The summed E-state index contributed by atoms with van der Waals surface area (Å²) in [4.78, 5) is 12.0. The molecule has 6 nitrogen and oxygen atoms in total. The second kappa shape index (κ2) is 10.1. The van der Waals surface area contributed by atoms with E-state index >= 15 is 0 Å². The molecule has 0 spiro atoms. The molecule has 0 heterocycles. The molecule has 0 unspecified atom stereocenters. The van der Waals surface area contributed by atoms with Gasteiger partial charge in [-0.05, 0) is 56.4 Å². The van der Waals surface area contributed by atoms with E-state index in [0.29, 0.717) is 36.1 Å². The van der Waals surface area contributed by atoms with Gasteiger partial charge in [0.15, 0.2) is 16.6 Å². The maximum atomic E-state index is 13.2. The Kier molecular flexibility index (Phi) is 7.83. The van der Waals surface area contributed by atoms with Crippen molar-refractivity contribution in [2.75, 3.05) is 31.0 Å². The molecular weight excluding hydrogens is 407 g/mol. The van der Waals surface area contributed by atoms with E-state index in [9.17, 15) is 9.18 Å². The van der Waals surface area contributed by atoms with Crippen LogP contribution in [-0.2, 0) is 4.74 Å². The van der Waals surface area contributed by atoms with Gasteiger partial charge in [0.05, 0.1) is 42.3 Å². The molecule has 9 heteroatoms. The Balaban J connectivity index is 2.36. The smallest absolute Gasteiger partial charge is 0.338 e. The van der Waals surface area contributed by atoms with Crippen LogP contribution < -0.4 is 20.1 Å². The van der Waals surface area contributed by atoms with Gasteiger partial charge in [0.2, 0.25) is 0 Å². The molecule has 28 heavy (non-hydrogen) atoms. The maximum absolute atomic E-state index is 13.2. The van der Waals surface area contributed by atoms with E-state index < -0.39 is 11.8 Å². The highest BCUT2D eigenvalue weighted by Gasteiger charge is 2.18. The molecule has 150 valence electrons. The van der Waals surface area contributed by atoms with Crippen LogP contribution in [0.5, 0.6) is 11.5 Å². The highest BCUT2D eigenvalue weighted by Crippen LogP contribution is 2.37. The van der Waals surface area contributed by atoms with E-state index in [2.05, 4.69) is 10.6 Å². The average molecular weight is 427 g/mol. The summed E-state index contributed by atoms with van der Waals surface area (Å²) >= 11 is 11.3. The first-order valence-electron chi connectivity index (χ1n) is 8.44. The quantitative estimate of drug-likeness (QED) is 0.483. The van der Waals surface area contributed by atoms with Crippen molar-refractivity contribution < 1.29 is 23.4 Å². The molecule has 0 bridgehead atoms. The van der Waals surface area contributed by atoms with E-state index in [0.717, 1.165) is 0 Å². The van der Waals surface area contributed by atoms with Gasteiger partial charge < -0.3 is 24.8 Å². The minimum Gasteiger partial charge on any atom is -0.490 e. The molecule has 2 N–H and O–H groups in total. The number of hydrogen-bond acceptors (Lipinski definition) is 5. The Bertz CT molecular complexity index is 879. The number of anilines is 2. The summed E-state index contributed by atoms with van der Waals surface area (Å²) in [6, 6.07) is 6.97. The largest absolute Gasteiger partial charge is 0.490 e. The first kappa shape index (κ1) is 21.7. The zero-order valence-corrected chi connectivity index (χ0v) is 17.2. The Morgan fingerprint density at radius 1 is 1.11 bits per heavy atom. The summed E-state index contributed by atoms with van der Waals surface area (Å²) in [6.45, 7) is 4.38. The lowest BCUT2D eigenvalue weighted by molar-refractivity contribution is 0.0600. The predicted octanol–water partition coefficient (Wildman–Crippen LogP) is 4.87. The molecule has 0 amide bonds. The molecule has 2 aromatic rings. The molecule has 0 aliphatic rings. The number of carbonyl (C=O) groups excluding carboxylic acids is 1. The molecule has 0 saturated heterocycles. The van der Waals surface area contributed by atoms with Crippen LogP contribution in [-0.4, -0.2) is 31.4 Å². The number of benzene rings is 2. The fraction of sp³-hybridized carbons (Fsp3) is 0.263. The third-order valence-corrected chi connectivity index (χ3v) is 4.01. The minimum atomic E-state index is -0.535. The predicted molar refractivity (Wildman–Crippen MR) is 111 cm³/mol. The number of esters is 1. The second-order valence-corrected chi connectivity index (χ2v) is 6.23. The Labute approximate surface area is 172 Å². The van der Waals surface area contributed by atoms with Gasteiger partial charge in [-0.2, -0.15) is 0 Å². The van der Waals surface area contributed by atoms with Crippen molar-refractivity contribution in [1.82, 2.24) is 0 Å². The molecule has 0 fully saturated rings. The van der Waals surface area contributed by atoms with Gasteiger partial charge in [-0.3, -0.25) is 0 Å². The lowest BCUT2D eigenvalue weighted by Crippen LogP contribution is -2.20. The van der Waals surface area contributed by atoms with Crippen molar-refractivity contribution in [3.8, 4) is 11.5 Å². The maximum Gasteiger partial charge on any atom is 0.338 e. The molecule has 0 aliphatic heterocycles. The SMILES string of the molecule is CCOc1cc(C(=O)OC)cc(NC(=S)Nc2ccc(F)cc2Cl)c1OCC. The average Bonchev–Trinajstić information content (AvgIpc) is 2.66. The molecular formula is C19H20ClFN2O4S. The molecule has 0 radical (unpaired) electrons. The highest BCUT2D eigenvalue weighted by molar-refractivity contribution is 7.80. The molecule has 2 rings (SSSR count). The summed E-state index contributed by atoms with van der Waals surface area (Å²) in [5.41, 5.74) is 1.09. The number of carbonyl (C=O) groups is 1. The normalized spacial score (nSPS) is 10.2. The number of ether oxygens (including phenoxy) is 3. The highest BCUT2D eigenvalue weighted by atomic mass is 35.5. The summed E-state index contributed by atoms with van der Waals surface area (Å²) in [6.07, 6.45) is 0. The van der Waals surface area contributed by atoms with Gasteiger partial charge in [0.1, 0.15) is 5.82 Å². The summed E-state index contributed by atoms with van der Waals surface area (Å²) < 4.78 is 29.3. The van der Waals surface area contributed by atoms with Gasteiger partial charge in [0, 0.05) is 0 Å². The van der Waals surface area contributed by atoms with Crippen LogP contribution in [0.1, 0.15) is 24.2 Å². The van der Waals surface area contributed by atoms with E-state index in [-0.39, 0.29) is 15.7 Å². The Morgan fingerprint density at radius 2 is 1.79 bits per heavy atom. The standard InChI is InChI=1S/C19H20ClFN2O4S/c1-4-26-16-9-11(18(24)25-3)8-15(17(16)27-5-2)23-19(28)22-14-7-6-12(21)10-13(14)20/h6-10H,4-5H2,1-3H3,(H2,22,23,28). The monoisotopic (exact) mass is 426 g/mol. The molecule has 2 aromatic carbocycles. The van der Waals surface area contributed by atoms with Gasteiger partial charge in [-0.25, -0.2) is 9.18 Å². The molecule has 0 saturated carbocycles. The summed E-state index contributed by atoms with van der Waals surface area (Å²) in [5, 5.41) is 6.18. The minimum absolute atomic E-state index is 0.166. The Hall–Kier alpha value is -2.58. The lowest BCUT2D eigenvalue weighted by atomic mass is 10.1. The fourth-order valence-electron chi connectivity index (χ4n) is 2.35. The van der Waals surface area contributed by atoms with E-state index in [1.807, 2.05) is 13.8 Å². The number of hydrogen-bond donors (Lipinski definition) is 2. The van der Waals surface area contributed by atoms with Crippen molar-refractivity contribution in [3.05, 3.63) is 46.7 Å². The summed E-state index contributed by atoms with van der Waals surface area (Å²) in [5.74, 6) is -0.226. The van der Waals surface area contributed by atoms with Crippen LogP contribution in [0.3, 0.4) is 0 Å². The van der Waals surface area contributed by atoms with Gasteiger partial charge in [-0.1, -0.05) is 11.6 Å². The van der Waals surface area contributed by atoms with Crippen molar-refractivity contribution in [2.24, 2.45) is 0 Å². The van der Waals surface area contributed by atoms with E-state index in [4.69, 9.17) is 38.0 Å². The molecule has 0 aromatic heterocycles. The zero-order chi connectivity index (χ0) is 20.7. The van der Waals surface area contributed by atoms with Gasteiger partial charge in [-0.15, -0.1) is 0 Å². The van der Waals surface area contributed by atoms with E-state index in [1.54, 1.807) is 12.1 Å². The topological polar surface area (TPSA) is 68.8 Å². The number of halogens is 2. The third kappa shape index (κ3) is 5.46. The van der Waals surface area contributed by atoms with Crippen molar-refractivity contribution in [1.29, 1.82) is 0 Å². The first-order chi connectivity index (χ1) is 13.4. The summed E-state index contributed by atoms with van der Waals surface area (Å²) in [7, 11) is 1.29. The van der Waals surface area contributed by atoms with Crippen LogP contribution in [0.15, 0.2) is 30.3 Å². The Morgan fingerprint density at radius 3 is 2.39 bits per heavy atom. The second-order valence-electron chi connectivity index (χ2n) is 5.41. The van der Waals surface area contributed by atoms with Crippen molar-refractivity contribution in [2.45, 2.75) is 13.8 Å². The van der Waals surface area contributed by atoms with Crippen LogP contribution in [0.4, 0.5) is 15.8 Å². The lowest BCUT2D eigenvalue weighted by Gasteiger charge is -2.19. The van der Waals surface area contributed by atoms with Crippen molar-refractivity contribution in [3.63, 3.8) is 0 Å². The number of thiocarbonyl (C=S) groups is 1. The number of rotatable bonds is 7. The van der Waals surface area contributed by atoms with Gasteiger partial charge in [0.25, 0.3) is 0 Å². The fourth-order valence-corrected chi connectivity index (χ4v) is 2.79. The molecule has 0 aliphatic carbocycles. The van der Waals surface area contributed by atoms with Crippen LogP contribution in [0.2, 0.25) is 5.02 Å². The van der Waals surface area contributed by atoms with E-state index in [1.165, 1.54) is 25.3 Å². The van der Waals surface area contributed by atoms with Crippen LogP contribution >= 0.6 is 23.8 Å². The first-order valence-corrected chi connectivity index (χ1v) is 9.23. The molecule has 0 atom stereocenters. The zero-order valence-electron chi connectivity index (χ0n) is 15.6. The third-order valence-electron chi connectivity index (χ3n) is 3.49. The van der Waals surface area contributed by atoms with Crippen molar-refractivity contribution >= 4 is 46.3 Å². The van der Waals surface area contributed by atoms with Crippen LogP contribution in [0, 0.1) is 5.82 Å².